The number of sulfonamides is 1. The van der Waals surface area contributed by atoms with Crippen LogP contribution in [0.2, 0.25) is 0 Å². The second kappa shape index (κ2) is 7.76. The van der Waals surface area contributed by atoms with Crippen LogP contribution in [-0.2, 0) is 19.6 Å². The second-order valence-electron chi connectivity index (χ2n) is 5.67. The van der Waals surface area contributed by atoms with Gasteiger partial charge in [0.1, 0.15) is 0 Å². The van der Waals surface area contributed by atoms with Crippen molar-refractivity contribution in [1.82, 2.24) is 9.62 Å². The summed E-state index contributed by atoms with van der Waals surface area (Å²) in [7, 11) is -2.29. The Hall–Kier alpha value is -1.93. The van der Waals surface area contributed by atoms with Gasteiger partial charge in [-0.1, -0.05) is 6.07 Å². The molecule has 1 amide bonds. The molecule has 1 aliphatic heterocycles. The fourth-order valence-corrected chi connectivity index (χ4v) is 4.10. The van der Waals surface area contributed by atoms with E-state index in [2.05, 4.69) is 10.1 Å². The number of nitrogens with one attached hydrogen (secondary N) is 1. The summed E-state index contributed by atoms with van der Waals surface area (Å²) in [6.07, 6.45) is 1.77. The van der Waals surface area contributed by atoms with Crippen LogP contribution in [0.4, 0.5) is 0 Å². The highest BCUT2D eigenvalue weighted by Gasteiger charge is 2.28. The Balaban J connectivity index is 2.16. The van der Waals surface area contributed by atoms with Crippen molar-refractivity contribution in [1.29, 1.82) is 0 Å². The van der Waals surface area contributed by atoms with E-state index < -0.39 is 21.9 Å². The molecular weight excluding hydrogens is 332 g/mol. The van der Waals surface area contributed by atoms with E-state index in [1.54, 1.807) is 13.0 Å². The molecule has 1 aliphatic rings. The standard InChI is InChI=1S/C16H22N2O5S/c1-12-5-6-13(24(21,22)18-9-3-4-10-18)11-14(12)16(20)17-8-7-15(19)23-2/h5-6,11H,3-4,7-10H2,1-2H3,(H,17,20). The maximum absolute atomic E-state index is 12.6. The number of carbonyl (C=O) groups is 2. The number of amides is 1. The van der Waals surface area contributed by atoms with Crippen molar-refractivity contribution >= 4 is 21.9 Å². The number of nitrogens with zero attached hydrogens (tertiary/aromatic N) is 1. The van der Waals surface area contributed by atoms with Gasteiger partial charge in [0.05, 0.1) is 18.4 Å². The topological polar surface area (TPSA) is 92.8 Å². The Bertz CT molecular complexity index is 724. The molecule has 8 heteroatoms. The molecule has 1 aromatic carbocycles. The number of esters is 1. The zero-order chi connectivity index (χ0) is 17.7. The Labute approximate surface area is 142 Å². The molecule has 0 aliphatic carbocycles. The minimum atomic E-state index is -3.57. The van der Waals surface area contributed by atoms with Crippen LogP contribution in [0.3, 0.4) is 0 Å². The van der Waals surface area contributed by atoms with Gasteiger partial charge >= 0.3 is 5.97 Å². The zero-order valence-corrected chi connectivity index (χ0v) is 14.7. The predicted molar refractivity (Wildman–Crippen MR) is 88.1 cm³/mol. The van der Waals surface area contributed by atoms with Crippen LogP contribution in [0.25, 0.3) is 0 Å². The Kier molecular flexibility index (Phi) is 5.95. The molecule has 1 N–H and O–H groups in total. The molecule has 2 rings (SSSR count). The fraction of sp³-hybridized carbons (Fsp3) is 0.500. The summed E-state index contributed by atoms with van der Waals surface area (Å²) in [6.45, 7) is 2.89. The first-order chi connectivity index (χ1) is 11.4. The van der Waals surface area contributed by atoms with Crippen molar-refractivity contribution in [3.8, 4) is 0 Å². The third-order valence-corrected chi connectivity index (χ3v) is 5.89. The van der Waals surface area contributed by atoms with Crippen LogP contribution in [0.15, 0.2) is 23.1 Å². The molecule has 1 heterocycles. The predicted octanol–water partition coefficient (Wildman–Crippen LogP) is 1.07. The number of ether oxygens (including phenoxy) is 1. The molecule has 1 aromatic rings. The van der Waals surface area contributed by atoms with Gasteiger partial charge in [0.15, 0.2) is 0 Å². The summed E-state index contributed by atoms with van der Waals surface area (Å²) in [4.78, 5) is 23.5. The van der Waals surface area contributed by atoms with Gasteiger partial charge in [0.25, 0.3) is 5.91 Å². The minimum Gasteiger partial charge on any atom is -0.469 e. The average molecular weight is 354 g/mol. The van der Waals surface area contributed by atoms with Crippen molar-refractivity contribution in [3.05, 3.63) is 29.3 Å². The van der Waals surface area contributed by atoms with Crippen LogP contribution in [0.5, 0.6) is 0 Å². The van der Waals surface area contributed by atoms with Crippen molar-refractivity contribution in [2.45, 2.75) is 31.1 Å². The molecule has 0 radical (unpaired) electrons. The molecule has 0 bridgehead atoms. The number of hydrogen-bond acceptors (Lipinski definition) is 5. The Morgan fingerprint density at radius 1 is 1.25 bits per heavy atom. The number of hydrogen-bond donors (Lipinski definition) is 1. The van der Waals surface area contributed by atoms with E-state index in [1.807, 2.05) is 0 Å². The third kappa shape index (κ3) is 4.12. The quantitative estimate of drug-likeness (QED) is 0.772. The molecule has 1 fully saturated rings. The minimum absolute atomic E-state index is 0.0626. The number of rotatable bonds is 6. The molecule has 0 aromatic heterocycles. The molecule has 0 unspecified atom stereocenters. The lowest BCUT2D eigenvalue weighted by Gasteiger charge is -2.16. The first-order valence-electron chi connectivity index (χ1n) is 7.82. The first kappa shape index (κ1) is 18.4. The van der Waals surface area contributed by atoms with Crippen LogP contribution >= 0.6 is 0 Å². The maximum Gasteiger partial charge on any atom is 0.307 e. The van der Waals surface area contributed by atoms with Crippen LogP contribution in [-0.4, -0.2) is 51.3 Å². The van der Waals surface area contributed by atoms with Crippen molar-refractivity contribution in [2.75, 3.05) is 26.7 Å². The summed E-state index contributed by atoms with van der Waals surface area (Å²) in [5, 5.41) is 2.61. The van der Waals surface area contributed by atoms with Gasteiger partial charge in [-0.3, -0.25) is 9.59 Å². The van der Waals surface area contributed by atoms with E-state index in [-0.39, 0.29) is 17.9 Å². The van der Waals surface area contributed by atoms with E-state index in [1.165, 1.54) is 23.5 Å². The lowest BCUT2D eigenvalue weighted by Crippen LogP contribution is -2.29. The molecule has 132 valence electrons. The zero-order valence-electron chi connectivity index (χ0n) is 13.9. The highest BCUT2D eigenvalue weighted by molar-refractivity contribution is 7.89. The largest absolute Gasteiger partial charge is 0.469 e. The Morgan fingerprint density at radius 2 is 1.92 bits per heavy atom. The normalized spacial score (nSPS) is 15.2. The van der Waals surface area contributed by atoms with Gasteiger partial charge in [-0.25, -0.2) is 8.42 Å². The fourth-order valence-electron chi connectivity index (χ4n) is 2.56. The lowest BCUT2D eigenvalue weighted by atomic mass is 10.1. The SMILES string of the molecule is COC(=O)CCNC(=O)c1cc(S(=O)(=O)N2CCCC2)ccc1C. The number of methoxy groups -OCH3 is 1. The van der Waals surface area contributed by atoms with E-state index in [4.69, 9.17) is 0 Å². The number of carbonyl (C=O) groups excluding carboxylic acids is 2. The molecular formula is C16H22N2O5S. The number of aryl methyl sites for hydroxylation is 1. The first-order valence-corrected chi connectivity index (χ1v) is 9.26. The highest BCUT2D eigenvalue weighted by atomic mass is 32.2. The van der Waals surface area contributed by atoms with Gasteiger partial charge in [0, 0.05) is 25.2 Å². The van der Waals surface area contributed by atoms with Crippen LogP contribution in [0.1, 0.15) is 35.2 Å². The average Bonchev–Trinajstić information content (AvgIpc) is 3.10. The summed E-state index contributed by atoms with van der Waals surface area (Å²) in [5.74, 6) is -0.827. The third-order valence-electron chi connectivity index (χ3n) is 4.00. The van der Waals surface area contributed by atoms with Crippen molar-refractivity contribution in [2.24, 2.45) is 0 Å². The molecule has 0 atom stereocenters. The maximum atomic E-state index is 12.6. The summed E-state index contributed by atoms with van der Waals surface area (Å²) in [5.41, 5.74) is 0.964. The van der Waals surface area contributed by atoms with E-state index in [0.717, 1.165) is 12.8 Å². The molecule has 7 nitrogen and oxygen atoms in total. The second-order valence-corrected chi connectivity index (χ2v) is 7.61. The monoisotopic (exact) mass is 354 g/mol. The molecule has 24 heavy (non-hydrogen) atoms. The van der Waals surface area contributed by atoms with Gasteiger partial charge in [0.2, 0.25) is 10.0 Å². The number of benzene rings is 1. The summed E-state index contributed by atoms with van der Waals surface area (Å²) in [6, 6.07) is 4.54. The highest BCUT2D eigenvalue weighted by Crippen LogP contribution is 2.23. The van der Waals surface area contributed by atoms with Gasteiger partial charge in [-0.15, -0.1) is 0 Å². The van der Waals surface area contributed by atoms with Gasteiger partial charge < -0.3 is 10.1 Å². The van der Waals surface area contributed by atoms with Crippen LogP contribution in [0, 0.1) is 6.92 Å². The molecule has 0 spiro atoms. The summed E-state index contributed by atoms with van der Waals surface area (Å²) < 4.78 is 31.1. The summed E-state index contributed by atoms with van der Waals surface area (Å²) >= 11 is 0. The van der Waals surface area contributed by atoms with Crippen molar-refractivity contribution in [3.63, 3.8) is 0 Å². The van der Waals surface area contributed by atoms with E-state index >= 15 is 0 Å². The smallest absolute Gasteiger partial charge is 0.307 e. The lowest BCUT2D eigenvalue weighted by molar-refractivity contribution is -0.140. The van der Waals surface area contributed by atoms with Gasteiger partial charge in [-0.05, 0) is 37.5 Å². The molecule has 0 saturated carbocycles. The van der Waals surface area contributed by atoms with Crippen molar-refractivity contribution < 1.29 is 22.7 Å². The van der Waals surface area contributed by atoms with Crippen LogP contribution < -0.4 is 5.32 Å². The van der Waals surface area contributed by atoms with Gasteiger partial charge in [-0.2, -0.15) is 4.31 Å². The Morgan fingerprint density at radius 3 is 2.54 bits per heavy atom. The molecule has 1 saturated heterocycles. The van der Waals surface area contributed by atoms with E-state index in [0.29, 0.717) is 24.2 Å². The van der Waals surface area contributed by atoms with E-state index in [9.17, 15) is 18.0 Å².